The summed E-state index contributed by atoms with van der Waals surface area (Å²) in [6.45, 7) is 4.22. The average Bonchev–Trinajstić information content (AvgIpc) is 2.69. The van der Waals surface area contributed by atoms with Crippen molar-refractivity contribution in [1.29, 1.82) is 0 Å². The molecule has 0 aliphatic heterocycles. The average molecular weight is 291 g/mol. The summed E-state index contributed by atoms with van der Waals surface area (Å²) in [4.78, 5) is 16.3. The number of carbonyl (C=O) groups excluding carboxylic acids is 1. The lowest BCUT2D eigenvalue weighted by atomic mass is 10.0. The molecule has 1 atom stereocenters. The minimum absolute atomic E-state index is 0.0165. The molecule has 84 valence electrons. The van der Waals surface area contributed by atoms with E-state index in [9.17, 15) is 4.79 Å². The third-order valence-electron chi connectivity index (χ3n) is 2.20. The van der Waals surface area contributed by atoms with E-state index in [-0.39, 0.29) is 11.9 Å². The van der Waals surface area contributed by atoms with E-state index in [0.29, 0.717) is 10.8 Å². The summed E-state index contributed by atoms with van der Waals surface area (Å²) in [6.07, 6.45) is 2.55. The Kier molecular flexibility index (Phi) is 5.25. The van der Waals surface area contributed by atoms with Crippen molar-refractivity contribution in [3.63, 3.8) is 0 Å². The molecule has 5 heteroatoms. The zero-order valence-corrected chi connectivity index (χ0v) is 11.3. The highest BCUT2D eigenvalue weighted by atomic mass is 79.9. The van der Waals surface area contributed by atoms with Crippen LogP contribution in [-0.4, -0.2) is 22.3 Å². The van der Waals surface area contributed by atoms with E-state index in [0.717, 1.165) is 11.8 Å². The smallest absolute Gasteiger partial charge is 0.263 e. The van der Waals surface area contributed by atoms with E-state index < -0.39 is 0 Å². The van der Waals surface area contributed by atoms with Crippen LogP contribution in [-0.2, 0) is 0 Å². The van der Waals surface area contributed by atoms with Crippen LogP contribution < -0.4 is 5.32 Å². The zero-order chi connectivity index (χ0) is 11.3. The summed E-state index contributed by atoms with van der Waals surface area (Å²) < 4.78 is 0. The second-order valence-corrected chi connectivity index (χ2v) is 5.35. The van der Waals surface area contributed by atoms with Gasteiger partial charge in [-0.05, 0) is 12.3 Å². The number of carbonyl (C=O) groups is 1. The molecule has 0 bridgehead atoms. The van der Waals surface area contributed by atoms with Crippen LogP contribution in [0.5, 0.6) is 0 Å². The first-order chi connectivity index (χ1) is 7.15. The van der Waals surface area contributed by atoms with Crippen LogP contribution in [0.4, 0.5) is 0 Å². The molecule has 1 aromatic rings. The number of hydrogen-bond acceptors (Lipinski definition) is 3. The highest BCUT2D eigenvalue weighted by Crippen LogP contribution is 2.11. The monoisotopic (exact) mass is 290 g/mol. The van der Waals surface area contributed by atoms with Crippen LogP contribution in [0.1, 0.15) is 29.9 Å². The van der Waals surface area contributed by atoms with Crippen LogP contribution in [0.25, 0.3) is 0 Å². The number of alkyl halides is 1. The van der Waals surface area contributed by atoms with Gasteiger partial charge in [-0.2, -0.15) is 0 Å². The number of rotatable bonds is 5. The molecule has 0 aromatic carbocycles. The minimum Gasteiger partial charge on any atom is -0.348 e. The Hall–Kier alpha value is -0.420. The predicted octanol–water partition coefficient (Wildman–Crippen LogP) is 2.68. The van der Waals surface area contributed by atoms with E-state index >= 15 is 0 Å². The van der Waals surface area contributed by atoms with Crippen LogP contribution >= 0.6 is 27.3 Å². The maximum absolute atomic E-state index is 11.7. The summed E-state index contributed by atoms with van der Waals surface area (Å²) >= 11 is 4.76. The third-order valence-corrected chi connectivity index (χ3v) is 3.43. The molecule has 15 heavy (non-hydrogen) atoms. The summed E-state index contributed by atoms with van der Waals surface area (Å²) in [5.74, 6) is 0.427. The Morgan fingerprint density at radius 2 is 2.40 bits per heavy atom. The molecule has 1 amide bonds. The molecule has 0 radical (unpaired) electrons. The largest absolute Gasteiger partial charge is 0.348 e. The number of amides is 1. The van der Waals surface area contributed by atoms with Gasteiger partial charge in [-0.25, -0.2) is 0 Å². The van der Waals surface area contributed by atoms with Crippen molar-refractivity contribution in [3.8, 4) is 0 Å². The van der Waals surface area contributed by atoms with Crippen LogP contribution in [0.2, 0.25) is 0 Å². The van der Waals surface area contributed by atoms with Crippen molar-refractivity contribution in [2.75, 3.05) is 5.33 Å². The fourth-order valence-corrected chi connectivity index (χ4v) is 2.27. The Morgan fingerprint density at radius 1 is 1.67 bits per heavy atom. The fourth-order valence-electron chi connectivity index (χ4n) is 1.26. The zero-order valence-electron chi connectivity index (χ0n) is 8.87. The lowest BCUT2D eigenvalue weighted by molar-refractivity contribution is 0.0929. The maximum Gasteiger partial charge on any atom is 0.263 e. The first-order valence-corrected chi connectivity index (χ1v) is 6.90. The lowest BCUT2D eigenvalue weighted by Crippen LogP contribution is -2.38. The Bertz CT molecular complexity index is 300. The standard InChI is InChI=1S/C10H15BrN2OS/c1-7(2)8(3-4-11)13-10(14)9-5-12-6-15-9/h5-8H,3-4H2,1-2H3,(H,13,14). The molecular weight excluding hydrogens is 276 g/mol. The number of halogens is 1. The number of aromatic nitrogens is 1. The Labute approximate surface area is 102 Å². The first-order valence-electron chi connectivity index (χ1n) is 4.90. The maximum atomic E-state index is 11.7. The van der Waals surface area contributed by atoms with E-state index in [1.807, 2.05) is 0 Å². The molecule has 0 spiro atoms. The van der Waals surface area contributed by atoms with Gasteiger partial charge in [-0.1, -0.05) is 29.8 Å². The first kappa shape index (κ1) is 12.6. The van der Waals surface area contributed by atoms with Gasteiger partial charge in [0.1, 0.15) is 4.88 Å². The third kappa shape index (κ3) is 3.91. The lowest BCUT2D eigenvalue weighted by Gasteiger charge is -2.20. The van der Waals surface area contributed by atoms with Gasteiger partial charge in [-0.15, -0.1) is 11.3 Å². The van der Waals surface area contributed by atoms with Crippen molar-refractivity contribution in [3.05, 3.63) is 16.6 Å². The second kappa shape index (κ2) is 6.23. The molecule has 3 nitrogen and oxygen atoms in total. The van der Waals surface area contributed by atoms with Gasteiger partial charge < -0.3 is 5.32 Å². The van der Waals surface area contributed by atoms with Gasteiger partial charge in [0.05, 0.1) is 11.7 Å². The summed E-state index contributed by atoms with van der Waals surface area (Å²) in [6, 6.07) is 0.221. The highest BCUT2D eigenvalue weighted by Gasteiger charge is 2.17. The molecule has 0 saturated heterocycles. The summed E-state index contributed by atoms with van der Waals surface area (Å²) in [7, 11) is 0. The van der Waals surface area contributed by atoms with E-state index in [4.69, 9.17) is 0 Å². The van der Waals surface area contributed by atoms with Crippen molar-refractivity contribution in [2.24, 2.45) is 5.92 Å². The molecule has 1 heterocycles. The summed E-state index contributed by atoms with van der Waals surface area (Å²) in [5.41, 5.74) is 1.67. The van der Waals surface area contributed by atoms with Gasteiger partial charge >= 0.3 is 0 Å². The van der Waals surface area contributed by atoms with E-state index in [1.54, 1.807) is 11.7 Å². The molecule has 0 aliphatic carbocycles. The van der Waals surface area contributed by atoms with E-state index in [2.05, 4.69) is 40.1 Å². The molecule has 0 saturated carbocycles. The van der Waals surface area contributed by atoms with Crippen molar-refractivity contribution in [2.45, 2.75) is 26.3 Å². The van der Waals surface area contributed by atoms with Crippen molar-refractivity contribution in [1.82, 2.24) is 10.3 Å². The van der Waals surface area contributed by atoms with E-state index in [1.165, 1.54) is 11.3 Å². The Morgan fingerprint density at radius 3 is 2.87 bits per heavy atom. The molecule has 1 unspecified atom stereocenters. The molecule has 0 aliphatic rings. The van der Waals surface area contributed by atoms with Crippen LogP contribution in [0.15, 0.2) is 11.7 Å². The normalized spacial score (nSPS) is 12.8. The topological polar surface area (TPSA) is 42.0 Å². The summed E-state index contributed by atoms with van der Waals surface area (Å²) in [5, 5.41) is 3.92. The Balaban J connectivity index is 2.55. The quantitative estimate of drug-likeness (QED) is 0.847. The number of thiazole rings is 1. The predicted molar refractivity (Wildman–Crippen MR) is 66.6 cm³/mol. The van der Waals surface area contributed by atoms with Gasteiger partial charge in [0.2, 0.25) is 0 Å². The second-order valence-electron chi connectivity index (χ2n) is 3.67. The SMILES string of the molecule is CC(C)C(CCBr)NC(=O)c1cncs1. The molecule has 0 fully saturated rings. The molecular formula is C10H15BrN2OS. The van der Waals surface area contributed by atoms with Gasteiger partial charge in [-0.3, -0.25) is 9.78 Å². The number of nitrogens with one attached hydrogen (secondary N) is 1. The van der Waals surface area contributed by atoms with Crippen molar-refractivity contribution >= 4 is 33.2 Å². The van der Waals surface area contributed by atoms with Gasteiger partial charge in [0, 0.05) is 11.4 Å². The fraction of sp³-hybridized carbons (Fsp3) is 0.600. The van der Waals surface area contributed by atoms with Crippen LogP contribution in [0.3, 0.4) is 0 Å². The minimum atomic E-state index is -0.0165. The van der Waals surface area contributed by atoms with Gasteiger partial charge in [0.15, 0.2) is 0 Å². The molecule has 1 N–H and O–H groups in total. The molecule has 1 rings (SSSR count). The highest BCUT2D eigenvalue weighted by molar-refractivity contribution is 9.09. The van der Waals surface area contributed by atoms with Gasteiger partial charge in [0.25, 0.3) is 5.91 Å². The molecule has 1 aromatic heterocycles. The van der Waals surface area contributed by atoms with Crippen LogP contribution in [0, 0.1) is 5.92 Å². The number of nitrogens with zero attached hydrogens (tertiary/aromatic N) is 1. The van der Waals surface area contributed by atoms with Crippen molar-refractivity contribution < 1.29 is 4.79 Å². The number of hydrogen-bond donors (Lipinski definition) is 1.